The van der Waals surface area contributed by atoms with Crippen LogP contribution in [-0.4, -0.2) is 27.3 Å². The van der Waals surface area contributed by atoms with Gasteiger partial charge in [0.25, 0.3) is 5.56 Å². The number of para-hydroxylation sites is 1. The zero-order valence-electron chi connectivity index (χ0n) is 17.3. The molecule has 1 amide bonds. The van der Waals surface area contributed by atoms with Crippen molar-refractivity contribution >= 4 is 28.6 Å². The van der Waals surface area contributed by atoms with Gasteiger partial charge in [-0.05, 0) is 56.0 Å². The van der Waals surface area contributed by atoms with Crippen LogP contribution in [0.2, 0.25) is 0 Å². The van der Waals surface area contributed by atoms with Crippen LogP contribution in [0.4, 0.5) is 0 Å². The lowest BCUT2D eigenvalue weighted by atomic mass is 9.98. The summed E-state index contributed by atoms with van der Waals surface area (Å²) in [6, 6.07) is 15.4. The second-order valence-corrected chi connectivity index (χ2v) is 8.41. The Morgan fingerprint density at radius 3 is 2.45 bits per heavy atom. The van der Waals surface area contributed by atoms with Crippen molar-refractivity contribution in [2.75, 3.05) is 5.75 Å². The molecule has 0 aliphatic carbocycles. The standard InChI is InChI=1S/C23H27N3O2S/c1-5-16(4)17-10-12-18(13-11-17)26-22(28)19-8-6-7-9-20(19)25-23(26)29-14-21(27)24-15(2)3/h6-13,15-16H,5,14H2,1-4H3,(H,24,27)/t16-/m1/s1. The molecular formula is C23H27N3O2S. The van der Waals surface area contributed by atoms with Gasteiger partial charge in [0.2, 0.25) is 5.91 Å². The molecule has 0 fully saturated rings. The van der Waals surface area contributed by atoms with E-state index in [1.165, 1.54) is 17.3 Å². The highest BCUT2D eigenvalue weighted by Gasteiger charge is 2.15. The summed E-state index contributed by atoms with van der Waals surface area (Å²) >= 11 is 1.28. The van der Waals surface area contributed by atoms with Crippen LogP contribution >= 0.6 is 11.8 Å². The van der Waals surface area contributed by atoms with Crippen molar-refractivity contribution < 1.29 is 4.79 Å². The summed E-state index contributed by atoms with van der Waals surface area (Å²) in [6.07, 6.45) is 1.06. The largest absolute Gasteiger partial charge is 0.353 e. The number of hydrogen-bond acceptors (Lipinski definition) is 4. The second-order valence-electron chi connectivity index (χ2n) is 7.46. The third-order valence-corrected chi connectivity index (χ3v) is 5.80. The Balaban J connectivity index is 2.05. The predicted molar refractivity (Wildman–Crippen MR) is 120 cm³/mol. The zero-order valence-corrected chi connectivity index (χ0v) is 18.1. The lowest BCUT2D eigenvalue weighted by Gasteiger charge is -2.15. The minimum absolute atomic E-state index is 0.0722. The van der Waals surface area contributed by atoms with Gasteiger partial charge < -0.3 is 5.32 Å². The van der Waals surface area contributed by atoms with Gasteiger partial charge in [-0.1, -0.05) is 49.9 Å². The Labute approximate surface area is 175 Å². The van der Waals surface area contributed by atoms with Crippen molar-refractivity contribution in [2.45, 2.75) is 51.2 Å². The Morgan fingerprint density at radius 2 is 1.79 bits per heavy atom. The fourth-order valence-corrected chi connectivity index (χ4v) is 3.94. The van der Waals surface area contributed by atoms with Gasteiger partial charge in [-0.3, -0.25) is 14.2 Å². The first-order valence-electron chi connectivity index (χ1n) is 9.95. The van der Waals surface area contributed by atoms with E-state index in [2.05, 4.69) is 36.3 Å². The maximum absolute atomic E-state index is 13.3. The molecule has 0 radical (unpaired) electrons. The van der Waals surface area contributed by atoms with Gasteiger partial charge in [-0.2, -0.15) is 0 Å². The van der Waals surface area contributed by atoms with Gasteiger partial charge in [0.05, 0.1) is 22.3 Å². The third kappa shape index (κ3) is 4.88. The maximum Gasteiger partial charge on any atom is 0.266 e. The van der Waals surface area contributed by atoms with Gasteiger partial charge >= 0.3 is 0 Å². The van der Waals surface area contributed by atoms with Crippen LogP contribution in [0, 0.1) is 0 Å². The first kappa shape index (κ1) is 21.1. The molecule has 5 nitrogen and oxygen atoms in total. The summed E-state index contributed by atoms with van der Waals surface area (Å²) < 4.78 is 1.61. The molecule has 0 saturated carbocycles. The fraction of sp³-hybridized carbons (Fsp3) is 0.348. The Morgan fingerprint density at radius 1 is 1.10 bits per heavy atom. The highest BCUT2D eigenvalue weighted by molar-refractivity contribution is 7.99. The quantitative estimate of drug-likeness (QED) is 0.460. The van der Waals surface area contributed by atoms with Gasteiger partial charge in [0.1, 0.15) is 0 Å². The van der Waals surface area contributed by atoms with Gasteiger partial charge in [-0.15, -0.1) is 0 Å². The summed E-state index contributed by atoms with van der Waals surface area (Å²) in [5, 5.41) is 3.96. The van der Waals surface area contributed by atoms with Crippen LogP contribution < -0.4 is 10.9 Å². The lowest BCUT2D eigenvalue weighted by molar-refractivity contribution is -0.119. The van der Waals surface area contributed by atoms with Gasteiger partial charge in [-0.25, -0.2) is 4.98 Å². The van der Waals surface area contributed by atoms with E-state index in [1.807, 2.05) is 44.2 Å². The molecule has 2 aromatic carbocycles. The van der Waals surface area contributed by atoms with E-state index in [4.69, 9.17) is 0 Å². The summed E-state index contributed by atoms with van der Waals surface area (Å²) in [5.41, 5.74) is 2.51. The van der Waals surface area contributed by atoms with Crippen LogP contribution in [0.25, 0.3) is 16.6 Å². The van der Waals surface area contributed by atoms with Crippen LogP contribution in [0.5, 0.6) is 0 Å². The maximum atomic E-state index is 13.3. The number of nitrogens with one attached hydrogen (secondary N) is 1. The van der Waals surface area contributed by atoms with E-state index in [-0.39, 0.29) is 23.3 Å². The number of fused-ring (bicyclic) bond motifs is 1. The average Bonchev–Trinajstić information content (AvgIpc) is 2.71. The second kappa shape index (κ2) is 9.27. The predicted octanol–water partition coefficient (Wildman–Crippen LogP) is 4.52. The molecule has 0 saturated heterocycles. The van der Waals surface area contributed by atoms with E-state index in [1.54, 1.807) is 10.6 Å². The Hall–Kier alpha value is -2.60. The number of amides is 1. The molecule has 1 N–H and O–H groups in total. The number of hydrogen-bond donors (Lipinski definition) is 1. The van der Waals surface area contributed by atoms with E-state index in [0.717, 1.165) is 12.1 Å². The molecule has 1 aromatic heterocycles. The monoisotopic (exact) mass is 409 g/mol. The molecule has 6 heteroatoms. The zero-order chi connectivity index (χ0) is 21.0. The number of carbonyl (C=O) groups excluding carboxylic acids is 1. The number of nitrogens with zero attached hydrogens (tertiary/aromatic N) is 2. The van der Waals surface area contributed by atoms with Crippen molar-refractivity contribution in [2.24, 2.45) is 0 Å². The summed E-state index contributed by atoms with van der Waals surface area (Å²) in [7, 11) is 0. The van der Waals surface area contributed by atoms with Crippen LogP contribution in [0.15, 0.2) is 58.5 Å². The fourth-order valence-electron chi connectivity index (χ4n) is 3.12. The van der Waals surface area contributed by atoms with Crippen LogP contribution in [0.3, 0.4) is 0 Å². The normalized spacial score (nSPS) is 12.3. The molecule has 3 aromatic rings. The topological polar surface area (TPSA) is 64.0 Å². The molecule has 3 rings (SSSR count). The van der Waals surface area contributed by atoms with Crippen LogP contribution in [0.1, 0.15) is 45.6 Å². The van der Waals surface area contributed by atoms with Crippen molar-refractivity contribution in [1.29, 1.82) is 0 Å². The number of thioether (sulfide) groups is 1. The average molecular weight is 410 g/mol. The molecular weight excluding hydrogens is 382 g/mol. The van der Waals surface area contributed by atoms with E-state index in [9.17, 15) is 9.59 Å². The smallest absolute Gasteiger partial charge is 0.266 e. The minimum atomic E-state index is -0.126. The summed E-state index contributed by atoms with van der Waals surface area (Å²) in [6.45, 7) is 8.19. The minimum Gasteiger partial charge on any atom is -0.353 e. The van der Waals surface area contributed by atoms with Crippen molar-refractivity contribution in [3.8, 4) is 5.69 Å². The first-order chi connectivity index (χ1) is 13.9. The van der Waals surface area contributed by atoms with Crippen molar-refractivity contribution in [3.63, 3.8) is 0 Å². The van der Waals surface area contributed by atoms with Gasteiger partial charge in [0.15, 0.2) is 5.16 Å². The first-order valence-corrected chi connectivity index (χ1v) is 10.9. The van der Waals surface area contributed by atoms with E-state index < -0.39 is 0 Å². The molecule has 1 heterocycles. The highest BCUT2D eigenvalue weighted by atomic mass is 32.2. The molecule has 29 heavy (non-hydrogen) atoms. The Kier molecular flexibility index (Phi) is 6.75. The van der Waals surface area contributed by atoms with E-state index in [0.29, 0.717) is 22.0 Å². The molecule has 0 spiro atoms. The SMILES string of the molecule is CC[C@@H](C)c1ccc(-n2c(SCC(=O)NC(C)C)nc3ccccc3c2=O)cc1. The number of carbonyl (C=O) groups is 1. The Bertz CT molecular complexity index is 1060. The molecule has 152 valence electrons. The number of rotatable bonds is 7. The van der Waals surface area contributed by atoms with Crippen molar-refractivity contribution in [1.82, 2.24) is 14.9 Å². The van der Waals surface area contributed by atoms with Gasteiger partial charge in [0, 0.05) is 6.04 Å². The molecule has 0 bridgehead atoms. The molecule has 0 unspecified atom stereocenters. The molecule has 1 atom stereocenters. The highest BCUT2D eigenvalue weighted by Crippen LogP contribution is 2.24. The third-order valence-electron chi connectivity index (χ3n) is 4.86. The summed E-state index contributed by atoms with van der Waals surface area (Å²) in [5.74, 6) is 0.587. The molecule has 0 aliphatic heterocycles. The number of aromatic nitrogens is 2. The van der Waals surface area contributed by atoms with Crippen LogP contribution in [-0.2, 0) is 4.79 Å². The lowest BCUT2D eigenvalue weighted by Crippen LogP contribution is -2.32. The summed E-state index contributed by atoms with van der Waals surface area (Å²) in [4.78, 5) is 30.1. The van der Waals surface area contributed by atoms with E-state index >= 15 is 0 Å². The molecule has 0 aliphatic rings. The van der Waals surface area contributed by atoms with Crippen molar-refractivity contribution in [3.05, 3.63) is 64.4 Å². The number of benzene rings is 2.